The van der Waals surface area contributed by atoms with Crippen molar-refractivity contribution >= 4 is 51.1 Å². The van der Waals surface area contributed by atoms with E-state index >= 15 is 0 Å². The fourth-order valence-corrected chi connectivity index (χ4v) is 3.43. The molecule has 2 aromatic heterocycles. The van der Waals surface area contributed by atoms with Gasteiger partial charge in [0.15, 0.2) is 10.9 Å². The lowest BCUT2D eigenvalue weighted by Gasteiger charge is -1.98. The number of rotatable bonds is 4. The van der Waals surface area contributed by atoms with E-state index in [-0.39, 0.29) is 11.7 Å². The molecule has 116 valence electrons. The monoisotopic (exact) mass is 363 g/mol. The maximum atomic E-state index is 12.2. The van der Waals surface area contributed by atoms with E-state index < -0.39 is 0 Å². The minimum atomic E-state index is -0.356. The Kier molecular flexibility index (Phi) is 4.51. The number of amides is 1. The van der Waals surface area contributed by atoms with Gasteiger partial charge in [0, 0.05) is 28.3 Å². The van der Waals surface area contributed by atoms with Crippen molar-refractivity contribution in [2.45, 2.75) is 6.92 Å². The van der Waals surface area contributed by atoms with Gasteiger partial charge >= 0.3 is 0 Å². The number of hydrogen-bond donors (Lipinski definition) is 1. The van der Waals surface area contributed by atoms with Crippen LogP contribution in [0.1, 0.15) is 27.9 Å². The molecule has 0 aliphatic carbocycles. The number of halogens is 1. The molecule has 0 unspecified atom stereocenters. The van der Waals surface area contributed by atoms with Gasteiger partial charge in [0.05, 0.1) is 0 Å². The Bertz CT molecular complexity index is 871. The van der Waals surface area contributed by atoms with E-state index in [9.17, 15) is 9.59 Å². The van der Waals surface area contributed by atoms with Gasteiger partial charge in [-0.3, -0.25) is 14.9 Å². The number of thiazole rings is 2. The molecule has 0 saturated heterocycles. The molecular formula is C15H10ClN3O2S2. The SMILES string of the molecule is CC(=O)c1csc(NC(=O)c2csc(-c3ccc(Cl)cc3)n2)n1. The number of anilines is 1. The quantitative estimate of drug-likeness (QED) is 0.698. The highest BCUT2D eigenvalue weighted by molar-refractivity contribution is 7.14. The molecule has 1 aromatic carbocycles. The second-order valence-electron chi connectivity index (χ2n) is 4.59. The van der Waals surface area contributed by atoms with Gasteiger partial charge in [-0.25, -0.2) is 9.97 Å². The largest absolute Gasteiger partial charge is 0.296 e. The van der Waals surface area contributed by atoms with Crippen LogP contribution in [0.5, 0.6) is 0 Å². The molecule has 0 saturated carbocycles. The molecule has 3 rings (SSSR count). The topological polar surface area (TPSA) is 72.0 Å². The lowest BCUT2D eigenvalue weighted by molar-refractivity contribution is 0.100. The average Bonchev–Trinajstić information content (AvgIpc) is 3.17. The number of nitrogens with zero attached hydrogens (tertiary/aromatic N) is 2. The summed E-state index contributed by atoms with van der Waals surface area (Å²) in [4.78, 5) is 31.8. The molecule has 2 heterocycles. The van der Waals surface area contributed by atoms with Gasteiger partial charge in [-0.2, -0.15) is 0 Å². The minimum Gasteiger partial charge on any atom is -0.296 e. The minimum absolute atomic E-state index is 0.138. The second-order valence-corrected chi connectivity index (χ2v) is 6.75. The maximum Gasteiger partial charge on any atom is 0.276 e. The molecule has 23 heavy (non-hydrogen) atoms. The summed E-state index contributed by atoms with van der Waals surface area (Å²) in [5, 5.41) is 7.69. The number of Topliss-reactive ketones (excluding diaryl/α,β-unsaturated/α-hetero) is 1. The van der Waals surface area contributed by atoms with Gasteiger partial charge in [-0.1, -0.05) is 23.7 Å². The maximum absolute atomic E-state index is 12.2. The van der Waals surface area contributed by atoms with Crippen molar-refractivity contribution in [1.82, 2.24) is 9.97 Å². The molecule has 8 heteroatoms. The molecular weight excluding hydrogens is 354 g/mol. The van der Waals surface area contributed by atoms with E-state index in [0.29, 0.717) is 21.5 Å². The van der Waals surface area contributed by atoms with Crippen molar-refractivity contribution in [3.63, 3.8) is 0 Å². The van der Waals surface area contributed by atoms with Gasteiger partial charge in [-0.05, 0) is 12.1 Å². The predicted molar refractivity (Wildman–Crippen MR) is 92.6 cm³/mol. The van der Waals surface area contributed by atoms with Crippen LogP contribution in [0.15, 0.2) is 35.0 Å². The number of nitrogens with one attached hydrogen (secondary N) is 1. The Labute approximate surface area is 145 Å². The fraction of sp³-hybridized carbons (Fsp3) is 0.0667. The Morgan fingerprint density at radius 1 is 1.04 bits per heavy atom. The Hall–Kier alpha value is -2.09. The van der Waals surface area contributed by atoms with E-state index in [0.717, 1.165) is 10.6 Å². The van der Waals surface area contributed by atoms with Crippen LogP contribution in [-0.4, -0.2) is 21.7 Å². The summed E-state index contributed by atoms with van der Waals surface area (Å²) in [6, 6.07) is 7.25. The average molecular weight is 364 g/mol. The summed E-state index contributed by atoms with van der Waals surface area (Å²) in [7, 11) is 0. The zero-order valence-electron chi connectivity index (χ0n) is 11.9. The predicted octanol–water partition coefficient (Wildman–Crippen LogP) is 4.37. The number of aromatic nitrogens is 2. The van der Waals surface area contributed by atoms with Crippen LogP contribution in [0.3, 0.4) is 0 Å². The molecule has 5 nitrogen and oxygen atoms in total. The molecule has 0 fully saturated rings. The summed E-state index contributed by atoms with van der Waals surface area (Å²) in [6.45, 7) is 1.43. The lowest BCUT2D eigenvalue weighted by atomic mass is 10.2. The highest BCUT2D eigenvalue weighted by Gasteiger charge is 2.14. The van der Waals surface area contributed by atoms with E-state index in [1.54, 1.807) is 22.9 Å². The first-order chi connectivity index (χ1) is 11.0. The number of benzene rings is 1. The van der Waals surface area contributed by atoms with E-state index in [1.807, 2.05) is 12.1 Å². The molecule has 0 radical (unpaired) electrons. The van der Waals surface area contributed by atoms with E-state index in [4.69, 9.17) is 11.6 Å². The van der Waals surface area contributed by atoms with Gasteiger partial charge in [0.1, 0.15) is 16.4 Å². The molecule has 0 atom stereocenters. The van der Waals surface area contributed by atoms with Crippen molar-refractivity contribution in [2.24, 2.45) is 0 Å². The standard InChI is InChI=1S/C15H10ClN3O2S2/c1-8(20)11-6-23-15(18-11)19-13(21)12-7-22-14(17-12)9-2-4-10(16)5-3-9/h2-7H,1H3,(H,18,19,21). The third-order valence-electron chi connectivity index (χ3n) is 2.91. The smallest absolute Gasteiger partial charge is 0.276 e. The van der Waals surface area contributed by atoms with Crippen molar-refractivity contribution in [3.05, 3.63) is 51.4 Å². The summed E-state index contributed by atoms with van der Waals surface area (Å²) >= 11 is 8.43. The molecule has 1 amide bonds. The highest BCUT2D eigenvalue weighted by Crippen LogP contribution is 2.25. The van der Waals surface area contributed by atoms with Crippen molar-refractivity contribution in [1.29, 1.82) is 0 Å². The lowest BCUT2D eigenvalue weighted by Crippen LogP contribution is -2.12. The van der Waals surface area contributed by atoms with E-state index in [1.165, 1.54) is 29.6 Å². The molecule has 0 bridgehead atoms. The number of carbonyl (C=O) groups excluding carboxylic acids is 2. The summed E-state index contributed by atoms with van der Waals surface area (Å²) in [5.74, 6) is -0.494. The Balaban J connectivity index is 1.75. The summed E-state index contributed by atoms with van der Waals surface area (Å²) < 4.78 is 0. The van der Waals surface area contributed by atoms with Crippen LogP contribution in [0.2, 0.25) is 5.02 Å². The summed E-state index contributed by atoms with van der Waals surface area (Å²) in [6.07, 6.45) is 0. The number of hydrogen-bond acceptors (Lipinski definition) is 6. The van der Waals surface area contributed by atoms with Crippen molar-refractivity contribution < 1.29 is 9.59 Å². The van der Waals surface area contributed by atoms with Gasteiger partial charge < -0.3 is 0 Å². The Morgan fingerprint density at radius 2 is 1.74 bits per heavy atom. The van der Waals surface area contributed by atoms with Crippen LogP contribution < -0.4 is 5.32 Å². The van der Waals surface area contributed by atoms with Crippen LogP contribution in [0.4, 0.5) is 5.13 Å². The van der Waals surface area contributed by atoms with Gasteiger partial charge in [0.2, 0.25) is 0 Å². The van der Waals surface area contributed by atoms with E-state index in [2.05, 4.69) is 15.3 Å². The van der Waals surface area contributed by atoms with Crippen LogP contribution in [0.25, 0.3) is 10.6 Å². The molecule has 0 spiro atoms. The second kappa shape index (κ2) is 6.57. The van der Waals surface area contributed by atoms with Gasteiger partial charge in [0.25, 0.3) is 5.91 Å². The number of carbonyl (C=O) groups is 2. The zero-order chi connectivity index (χ0) is 16.4. The molecule has 0 aliphatic heterocycles. The van der Waals surface area contributed by atoms with Crippen LogP contribution in [-0.2, 0) is 0 Å². The van der Waals surface area contributed by atoms with Crippen molar-refractivity contribution in [2.75, 3.05) is 5.32 Å². The third kappa shape index (κ3) is 3.64. The zero-order valence-corrected chi connectivity index (χ0v) is 14.3. The molecule has 3 aromatic rings. The first-order valence-electron chi connectivity index (χ1n) is 6.52. The number of ketones is 1. The van der Waals surface area contributed by atoms with Crippen LogP contribution >= 0.6 is 34.3 Å². The van der Waals surface area contributed by atoms with Crippen LogP contribution in [0, 0.1) is 0 Å². The molecule has 1 N–H and O–H groups in total. The normalized spacial score (nSPS) is 10.5. The third-order valence-corrected chi connectivity index (χ3v) is 4.81. The highest BCUT2D eigenvalue weighted by atomic mass is 35.5. The fourth-order valence-electron chi connectivity index (χ4n) is 1.76. The first-order valence-corrected chi connectivity index (χ1v) is 8.66. The first kappa shape index (κ1) is 15.8. The van der Waals surface area contributed by atoms with Crippen molar-refractivity contribution in [3.8, 4) is 10.6 Å². The van der Waals surface area contributed by atoms with Gasteiger partial charge in [-0.15, -0.1) is 22.7 Å². The Morgan fingerprint density at radius 3 is 2.39 bits per heavy atom. The molecule has 0 aliphatic rings. The summed E-state index contributed by atoms with van der Waals surface area (Å²) in [5.41, 5.74) is 1.54.